The van der Waals surface area contributed by atoms with Crippen LogP contribution < -0.4 is 9.64 Å². The van der Waals surface area contributed by atoms with Gasteiger partial charge in [-0.1, -0.05) is 18.2 Å². The third kappa shape index (κ3) is 3.86. The van der Waals surface area contributed by atoms with Gasteiger partial charge in [-0.2, -0.15) is 4.31 Å². The minimum Gasteiger partial charge on any atom is -0.487 e. The summed E-state index contributed by atoms with van der Waals surface area (Å²) < 4.78 is 35.4. The summed E-state index contributed by atoms with van der Waals surface area (Å²) in [6.45, 7) is 1.58. The normalized spacial score (nSPS) is 23.0. The van der Waals surface area contributed by atoms with Crippen LogP contribution in [0.25, 0.3) is 0 Å². The Bertz CT molecular complexity index is 1140. The maximum Gasteiger partial charge on any atom is 0.247 e. The number of ether oxygens (including phenoxy) is 1. The van der Waals surface area contributed by atoms with Crippen molar-refractivity contribution in [1.82, 2.24) is 19.3 Å². The van der Waals surface area contributed by atoms with Crippen LogP contribution in [0, 0.1) is 0 Å². The first kappa shape index (κ1) is 19.9. The maximum absolute atomic E-state index is 13.7. The lowest BCUT2D eigenvalue weighted by Gasteiger charge is -2.31. The summed E-state index contributed by atoms with van der Waals surface area (Å²) >= 11 is 0. The van der Waals surface area contributed by atoms with Gasteiger partial charge >= 0.3 is 0 Å². The van der Waals surface area contributed by atoms with Crippen molar-refractivity contribution >= 4 is 16.0 Å². The molecule has 2 aliphatic heterocycles. The first-order chi connectivity index (χ1) is 15.1. The summed E-state index contributed by atoms with van der Waals surface area (Å²) in [4.78, 5) is 15.2. The van der Waals surface area contributed by atoms with Crippen LogP contribution in [0.4, 0.5) is 5.95 Å². The molecule has 4 heterocycles. The molecule has 9 heteroatoms. The molecule has 160 valence electrons. The quantitative estimate of drug-likeness (QED) is 0.622. The van der Waals surface area contributed by atoms with Crippen molar-refractivity contribution in [2.45, 2.75) is 36.4 Å². The molecule has 0 radical (unpaired) electrons. The lowest BCUT2D eigenvalue weighted by Crippen LogP contribution is -2.46. The van der Waals surface area contributed by atoms with Gasteiger partial charge in [0.2, 0.25) is 16.0 Å². The summed E-state index contributed by atoms with van der Waals surface area (Å²) in [7, 11) is -3.76. The lowest BCUT2D eigenvalue weighted by atomic mass is 10.1. The second-order valence-corrected chi connectivity index (χ2v) is 9.55. The monoisotopic (exact) mass is 437 g/mol. The molecule has 0 spiro atoms. The van der Waals surface area contributed by atoms with E-state index in [4.69, 9.17) is 4.74 Å². The highest BCUT2D eigenvalue weighted by molar-refractivity contribution is 7.89. The van der Waals surface area contributed by atoms with Crippen molar-refractivity contribution < 1.29 is 13.2 Å². The molecule has 2 atom stereocenters. The fourth-order valence-electron chi connectivity index (χ4n) is 4.28. The van der Waals surface area contributed by atoms with E-state index in [0.717, 1.165) is 5.56 Å². The van der Waals surface area contributed by atoms with E-state index >= 15 is 0 Å². The fraction of sp³-hybridized carbons (Fsp3) is 0.318. The van der Waals surface area contributed by atoms with Crippen LogP contribution in [0.15, 0.2) is 72.1 Å². The summed E-state index contributed by atoms with van der Waals surface area (Å²) in [5.41, 5.74) is 0.844. The highest BCUT2D eigenvalue weighted by atomic mass is 32.2. The number of hydrogen-bond acceptors (Lipinski definition) is 7. The molecule has 0 aliphatic carbocycles. The van der Waals surface area contributed by atoms with E-state index in [2.05, 4.69) is 19.9 Å². The molecule has 3 aromatic rings. The maximum atomic E-state index is 13.7. The minimum atomic E-state index is -3.76. The molecule has 0 unspecified atom stereocenters. The third-order valence-electron chi connectivity index (χ3n) is 5.79. The summed E-state index contributed by atoms with van der Waals surface area (Å²) in [5.74, 6) is 1.07. The number of sulfonamides is 1. The second-order valence-electron chi connectivity index (χ2n) is 7.70. The van der Waals surface area contributed by atoms with Gasteiger partial charge < -0.3 is 9.64 Å². The first-order valence-corrected chi connectivity index (χ1v) is 11.8. The van der Waals surface area contributed by atoms with Gasteiger partial charge in [0.15, 0.2) is 0 Å². The Morgan fingerprint density at radius 2 is 1.77 bits per heavy atom. The zero-order valence-electron chi connectivity index (χ0n) is 16.9. The van der Waals surface area contributed by atoms with Crippen LogP contribution in [0.3, 0.4) is 0 Å². The van der Waals surface area contributed by atoms with Crippen LogP contribution in [0.2, 0.25) is 0 Å². The van der Waals surface area contributed by atoms with E-state index in [1.807, 2.05) is 12.1 Å². The van der Waals surface area contributed by atoms with Crippen LogP contribution in [-0.2, 0) is 16.6 Å². The number of benzene rings is 1. The number of pyridine rings is 1. The molecular formula is C22H23N5O3S. The number of anilines is 1. The first-order valence-electron chi connectivity index (χ1n) is 10.3. The number of nitrogens with zero attached hydrogens (tertiary/aromatic N) is 5. The third-order valence-corrected chi connectivity index (χ3v) is 7.70. The smallest absolute Gasteiger partial charge is 0.247 e. The zero-order chi connectivity index (χ0) is 21.3. The number of para-hydroxylation sites is 1. The Morgan fingerprint density at radius 3 is 2.58 bits per heavy atom. The summed E-state index contributed by atoms with van der Waals surface area (Å²) in [6.07, 6.45) is 7.83. The van der Waals surface area contributed by atoms with Crippen LogP contribution in [-0.4, -0.2) is 52.9 Å². The van der Waals surface area contributed by atoms with Crippen LogP contribution in [0.5, 0.6) is 5.75 Å². The van der Waals surface area contributed by atoms with E-state index in [1.165, 1.54) is 0 Å². The largest absolute Gasteiger partial charge is 0.487 e. The molecule has 31 heavy (non-hydrogen) atoms. The van der Waals surface area contributed by atoms with Gasteiger partial charge in [-0.15, -0.1) is 0 Å². The van der Waals surface area contributed by atoms with E-state index < -0.39 is 10.0 Å². The van der Waals surface area contributed by atoms with Gasteiger partial charge in [0.05, 0.1) is 6.04 Å². The van der Waals surface area contributed by atoms with Gasteiger partial charge in [0.1, 0.15) is 16.7 Å². The minimum absolute atomic E-state index is 0.218. The Balaban J connectivity index is 1.54. The van der Waals surface area contributed by atoms with Crippen molar-refractivity contribution in [1.29, 1.82) is 0 Å². The molecule has 0 amide bonds. The highest BCUT2D eigenvalue weighted by Crippen LogP contribution is 2.37. The van der Waals surface area contributed by atoms with Crippen molar-refractivity contribution in [3.05, 3.63) is 72.8 Å². The van der Waals surface area contributed by atoms with E-state index in [1.54, 1.807) is 59.4 Å². The lowest BCUT2D eigenvalue weighted by molar-refractivity contribution is 0.111. The Morgan fingerprint density at radius 1 is 0.968 bits per heavy atom. The number of fused-ring (bicyclic) bond motifs is 2. The molecule has 2 aromatic heterocycles. The summed E-state index contributed by atoms with van der Waals surface area (Å²) in [6, 6.07) is 12.1. The average molecular weight is 438 g/mol. The standard InChI is InChI=1S/C22H23N5O3S/c28-31(29)21-7-2-1-6-20(21)30-19-9-14-26(22-24-11-4-12-25-22)13-8-18(19)27(31)16-17-5-3-10-23-15-17/h1-7,10-12,15,18-19H,8-9,13-14,16H2/t18-,19-/m0/s1. The molecule has 0 N–H and O–H groups in total. The molecule has 2 aliphatic rings. The van der Waals surface area contributed by atoms with Crippen molar-refractivity contribution in [2.75, 3.05) is 18.0 Å². The van der Waals surface area contributed by atoms with E-state index in [-0.39, 0.29) is 23.6 Å². The summed E-state index contributed by atoms with van der Waals surface area (Å²) in [5, 5.41) is 0. The van der Waals surface area contributed by atoms with Gasteiger partial charge in [-0.3, -0.25) is 4.98 Å². The van der Waals surface area contributed by atoms with Crippen LogP contribution >= 0.6 is 0 Å². The molecule has 1 fully saturated rings. The Kier molecular flexibility index (Phi) is 5.29. The van der Waals surface area contributed by atoms with Gasteiger partial charge in [0.25, 0.3) is 0 Å². The van der Waals surface area contributed by atoms with Crippen LogP contribution in [0.1, 0.15) is 18.4 Å². The van der Waals surface area contributed by atoms with Crippen molar-refractivity contribution in [2.24, 2.45) is 0 Å². The molecule has 0 saturated carbocycles. The van der Waals surface area contributed by atoms with Gasteiger partial charge in [0, 0.05) is 50.8 Å². The fourth-order valence-corrected chi connectivity index (χ4v) is 6.08. The van der Waals surface area contributed by atoms with Crippen molar-refractivity contribution in [3.63, 3.8) is 0 Å². The average Bonchev–Trinajstić information content (AvgIpc) is 3.05. The molecule has 1 saturated heterocycles. The van der Waals surface area contributed by atoms with E-state index in [0.29, 0.717) is 37.6 Å². The molecule has 0 bridgehead atoms. The molecule has 1 aromatic carbocycles. The zero-order valence-corrected chi connectivity index (χ0v) is 17.7. The number of rotatable bonds is 3. The van der Waals surface area contributed by atoms with E-state index in [9.17, 15) is 8.42 Å². The van der Waals surface area contributed by atoms with Crippen molar-refractivity contribution in [3.8, 4) is 5.75 Å². The Hall–Kier alpha value is -3.04. The predicted octanol–water partition coefficient (Wildman–Crippen LogP) is 2.49. The van der Waals surface area contributed by atoms with Gasteiger partial charge in [-0.25, -0.2) is 18.4 Å². The SMILES string of the molecule is O=S1(=O)c2ccccc2O[C@H]2CCN(c3ncccn3)CC[C@@H]2N1Cc1cccnc1. The predicted molar refractivity (Wildman–Crippen MR) is 115 cm³/mol. The topological polar surface area (TPSA) is 88.5 Å². The number of hydrogen-bond donors (Lipinski definition) is 0. The Labute approximate surface area is 181 Å². The van der Waals surface area contributed by atoms with Gasteiger partial charge in [-0.05, 0) is 36.2 Å². The number of aromatic nitrogens is 3. The highest BCUT2D eigenvalue weighted by Gasteiger charge is 2.43. The molecular weight excluding hydrogens is 414 g/mol. The molecule has 8 nitrogen and oxygen atoms in total. The second kappa shape index (κ2) is 8.24. The molecule has 5 rings (SSSR count).